The largest absolute Gasteiger partial charge is 0.350 e. The van der Waals surface area contributed by atoms with Gasteiger partial charge in [0.1, 0.15) is 0 Å². The molecule has 2 aromatic heterocycles. The second kappa shape index (κ2) is 8.97. The quantitative estimate of drug-likeness (QED) is 0.494. The zero-order valence-electron chi connectivity index (χ0n) is 18.2. The van der Waals surface area contributed by atoms with Crippen molar-refractivity contribution in [2.24, 2.45) is 0 Å². The molecule has 2 heterocycles. The molecule has 1 aliphatic carbocycles. The fourth-order valence-electron chi connectivity index (χ4n) is 4.56. The van der Waals surface area contributed by atoms with E-state index < -0.39 is 0 Å². The molecule has 0 aliphatic heterocycles. The third-order valence-electron chi connectivity index (χ3n) is 6.34. The number of nitrogens with one attached hydrogen (secondary N) is 1. The zero-order chi connectivity index (χ0) is 22.8. The maximum absolute atomic E-state index is 13.0. The Morgan fingerprint density at radius 3 is 2.42 bits per heavy atom. The summed E-state index contributed by atoms with van der Waals surface area (Å²) in [6.07, 6.45) is 5.71. The van der Waals surface area contributed by atoms with Crippen molar-refractivity contribution >= 4 is 27.6 Å². The van der Waals surface area contributed by atoms with E-state index in [-0.39, 0.29) is 42.6 Å². The van der Waals surface area contributed by atoms with E-state index in [4.69, 9.17) is 0 Å². The van der Waals surface area contributed by atoms with E-state index in [0.29, 0.717) is 22.0 Å². The van der Waals surface area contributed by atoms with Crippen LogP contribution >= 0.6 is 0 Å². The van der Waals surface area contributed by atoms with Crippen molar-refractivity contribution in [1.29, 1.82) is 0 Å². The number of amides is 1. The number of hydrogen-bond acceptors (Lipinski definition) is 5. The molecule has 8 heteroatoms. The van der Waals surface area contributed by atoms with E-state index in [1.165, 1.54) is 10.9 Å². The summed E-state index contributed by atoms with van der Waals surface area (Å²) in [4.78, 5) is 42.4. The molecule has 8 nitrogen and oxygen atoms in total. The first-order valence-corrected chi connectivity index (χ1v) is 11.3. The van der Waals surface area contributed by atoms with Gasteiger partial charge in [0.05, 0.1) is 40.9 Å². The molecule has 1 saturated carbocycles. The average Bonchev–Trinajstić information content (AvgIpc) is 3.38. The lowest BCUT2D eigenvalue weighted by atomic mass is 10.1. The lowest BCUT2D eigenvalue weighted by Crippen LogP contribution is -2.31. The highest BCUT2D eigenvalue weighted by Gasteiger charge is 2.21. The summed E-state index contributed by atoms with van der Waals surface area (Å²) in [6, 6.07) is 14.7. The van der Waals surface area contributed by atoms with Crippen LogP contribution in [0.25, 0.3) is 21.7 Å². The van der Waals surface area contributed by atoms with Crippen molar-refractivity contribution in [3.63, 3.8) is 0 Å². The van der Waals surface area contributed by atoms with Crippen LogP contribution in [0, 0.1) is 0 Å². The molecule has 0 bridgehead atoms. The Bertz CT molecular complexity index is 1450. The van der Waals surface area contributed by atoms with E-state index in [1.54, 1.807) is 22.9 Å². The second-order valence-electron chi connectivity index (χ2n) is 8.47. The van der Waals surface area contributed by atoms with E-state index >= 15 is 0 Å². The van der Waals surface area contributed by atoms with Crippen molar-refractivity contribution in [2.75, 3.05) is 0 Å². The van der Waals surface area contributed by atoms with Gasteiger partial charge in [0, 0.05) is 18.4 Å². The van der Waals surface area contributed by atoms with Crippen molar-refractivity contribution in [2.45, 2.75) is 51.2 Å². The Kier molecular flexibility index (Phi) is 5.73. The van der Waals surface area contributed by atoms with E-state index in [9.17, 15) is 14.4 Å². The maximum atomic E-state index is 13.0. The summed E-state index contributed by atoms with van der Waals surface area (Å²) in [7, 11) is 0. The van der Waals surface area contributed by atoms with E-state index in [1.807, 2.05) is 30.3 Å². The molecule has 0 saturated heterocycles. The number of aryl methyl sites for hydroxylation is 1. The smallest absolute Gasteiger partial charge is 0.274 e. The predicted octanol–water partition coefficient (Wildman–Crippen LogP) is 2.93. The number of rotatable bonds is 6. The van der Waals surface area contributed by atoms with Crippen LogP contribution < -0.4 is 16.4 Å². The van der Waals surface area contributed by atoms with Crippen molar-refractivity contribution in [3.05, 3.63) is 81.3 Å². The lowest BCUT2D eigenvalue weighted by Gasteiger charge is -2.16. The van der Waals surface area contributed by atoms with E-state index in [0.717, 1.165) is 31.1 Å². The Balaban J connectivity index is 1.32. The summed E-state index contributed by atoms with van der Waals surface area (Å²) >= 11 is 0. The van der Waals surface area contributed by atoms with Gasteiger partial charge in [-0.3, -0.25) is 19.0 Å². The Morgan fingerprint density at radius 1 is 0.939 bits per heavy atom. The Labute approximate surface area is 189 Å². The molecule has 33 heavy (non-hydrogen) atoms. The summed E-state index contributed by atoms with van der Waals surface area (Å²) in [6.45, 7) is 0.454. The normalized spacial score (nSPS) is 14.2. The highest BCUT2D eigenvalue weighted by molar-refractivity contribution is 5.84. The summed E-state index contributed by atoms with van der Waals surface area (Å²) in [5.74, 6) is -0.195. The fraction of sp³-hybridized carbons (Fsp3) is 0.320. The predicted molar refractivity (Wildman–Crippen MR) is 126 cm³/mol. The van der Waals surface area contributed by atoms with Gasteiger partial charge in [0.25, 0.3) is 11.1 Å². The monoisotopic (exact) mass is 443 g/mol. The number of carbonyl (C=O) groups excluding carboxylic acids is 1. The van der Waals surface area contributed by atoms with E-state index in [2.05, 4.69) is 15.4 Å². The number of fused-ring (bicyclic) bond motifs is 2. The summed E-state index contributed by atoms with van der Waals surface area (Å²) < 4.78 is 3.06. The average molecular weight is 444 g/mol. The molecule has 0 atom stereocenters. The third kappa shape index (κ3) is 4.16. The molecule has 2 aromatic carbocycles. The van der Waals surface area contributed by atoms with Crippen LogP contribution in [0.3, 0.4) is 0 Å². The van der Waals surface area contributed by atoms with Gasteiger partial charge in [-0.05, 0) is 31.0 Å². The Morgan fingerprint density at radius 2 is 1.64 bits per heavy atom. The van der Waals surface area contributed by atoms with Gasteiger partial charge < -0.3 is 5.32 Å². The van der Waals surface area contributed by atoms with Gasteiger partial charge in [-0.1, -0.05) is 43.2 Å². The minimum Gasteiger partial charge on any atom is -0.350 e. The fourth-order valence-corrected chi connectivity index (χ4v) is 4.56. The topological polar surface area (TPSA) is 98.9 Å². The van der Waals surface area contributed by atoms with Crippen LogP contribution in [0.15, 0.2) is 64.4 Å². The van der Waals surface area contributed by atoms with Gasteiger partial charge >= 0.3 is 0 Å². The third-order valence-corrected chi connectivity index (χ3v) is 6.34. The molecular formula is C25H25N5O3. The summed E-state index contributed by atoms with van der Waals surface area (Å²) in [5.41, 5.74) is 1.08. The zero-order valence-corrected chi connectivity index (χ0v) is 18.2. The molecule has 4 aromatic rings. The molecule has 0 radical (unpaired) electrons. The molecule has 0 spiro atoms. The molecule has 0 unspecified atom stereocenters. The van der Waals surface area contributed by atoms with Gasteiger partial charge in [0.15, 0.2) is 0 Å². The first-order valence-electron chi connectivity index (χ1n) is 11.3. The SMILES string of the molecule is O=C(CCn1cnc2ccccc2c1=O)NCc1nn(C2CCCC2)c(=O)c2ccccc12. The minimum absolute atomic E-state index is 0.0734. The molecule has 1 aliphatic rings. The highest BCUT2D eigenvalue weighted by Crippen LogP contribution is 2.28. The molecule has 5 rings (SSSR count). The second-order valence-corrected chi connectivity index (χ2v) is 8.47. The lowest BCUT2D eigenvalue weighted by molar-refractivity contribution is -0.121. The van der Waals surface area contributed by atoms with Crippen LogP contribution in [-0.2, 0) is 17.9 Å². The van der Waals surface area contributed by atoms with Crippen molar-refractivity contribution in [1.82, 2.24) is 24.6 Å². The number of nitrogens with zero attached hydrogens (tertiary/aromatic N) is 4. The number of hydrogen-bond donors (Lipinski definition) is 1. The number of benzene rings is 2. The minimum atomic E-state index is -0.195. The maximum Gasteiger partial charge on any atom is 0.274 e. The van der Waals surface area contributed by atoms with Crippen molar-refractivity contribution in [3.8, 4) is 0 Å². The van der Waals surface area contributed by atoms with Crippen LogP contribution in [0.2, 0.25) is 0 Å². The molecule has 1 amide bonds. The first-order chi connectivity index (χ1) is 16.1. The number of para-hydroxylation sites is 1. The molecule has 168 valence electrons. The van der Waals surface area contributed by atoms with Gasteiger partial charge in [-0.2, -0.15) is 5.10 Å². The molecule has 1 fully saturated rings. The molecule has 1 N–H and O–H groups in total. The van der Waals surface area contributed by atoms with Gasteiger partial charge in [0.2, 0.25) is 5.91 Å². The van der Waals surface area contributed by atoms with Gasteiger partial charge in [-0.15, -0.1) is 0 Å². The van der Waals surface area contributed by atoms with Gasteiger partial charge in [-0.25, -0.2) is 9.67 Å². The Hall–Kier alpha value is -3.81. The standard InChI is InChI=1S/C25H25N5O3/c31-23(13-14-29-16-27-21-12-6-5-11-20(21)24(29)32)26-15-22-18-9-3-4-10-19(18)25(33)30(28-22)17-7-1-2-8-17/h3-6,9-12,16-17H,1-2,7-8,13-15H2,(H,26,31). The van der Waals surface area contributed by atoms with Crippen LogP contribution in [0.5, 0.6) is 0 Å². The van der Waals surface area contributed by atoms with Crippen LogP contribution in [-0.4, -0.2) is 25.2 Å². The summed E-state index contributed by atoms with van der Waals surface area (Å²) in [5, 5.41) is 9.46. The molecular weight excluding hydrogens is 418 g/mol. The first kappa shape index (κ1) is 21.1. The number of aromatic nitrogens is 4. The number of carbonyl (C=O) groups is 1. The van der Waals surface area contributed by atoms with Crippen LogP contribution in [0.1, 0.15) is 43.8 Å². The van der Waals surface area contributed by atoms with Crippen LogP contribution in [0.4, 0.5) is 0 Å². The highest BCUT2D eigenvalue weighted by atomic mass is 16.2. The van der Waals surface area contributed by atoms with Crippen molar-refractivity contribution < 1.29 is 4.79 Å².